The summed E-state index contributed by atoms with van der Waals surface area (Å²) in [5, 5.41) is 4.37. The van der Waals surface area contributed by atoms with Crippen molar-refractivity contribution >= 4 is 56.5 Å². The van der Waals surface area contributed by atoms with E-state index in [0.717, 1.165) is 56.6 Å². The number of fused-ring (bicyclic) bond motifs is 1. The Kier molecular flexibility index (Phi) is 6.70. The predicted molar refractivity (Wildman–Crippen MR) is 153 cm³/mol. The Morgan fingerprint density at radius 1 is 1.08 bits per heavy atom. The van der Waals surface area contributed by atoms with Gasteiger partial charge in [-0.1, -0.05) is 59.6 Å². The second-order valence-corrected chi connectivity index (χ2v) is 10.5. The number of benzene rings is 3. The molecule has 0 bridgehead atoms. The maximum atomic E-state index is 11.2. The topological polar surface area (TPSA) is 81.0 Å². The molecule has 1 aliphatic carbocycles. The zero-order valence-corrected chi connectivity index (χ0v) is 22.2. The fraction of sp³-hybridized carbons (Fsp3) is 0.167. The molecule has 1 N–H and O–H groups in total. The highest BCUT2D eigenvalue weighted by Crippen LogP contribution is 2.47. The standard InChI is InChI=1S/C30H24ClN3O3S/c1-36-22-11-12-23(24(31)16-22)29(19-3-2-4-19)28(21-10-13-26-25(15-21)32-17-38-26)20-8-5-18(6-9-20)7-14-27-33-30(35)37-34-27/h5-17,19H,2-4H2,1H3,(H,33,34,35)/b14-7+,29-28+. The van der Waals surface area contributed by atoms with Gasteiger partial charge in [-0.25, -0.2) is 9.78 Å². The van der Waals surface area contributed by atoms with Gasteiger partial charge in [0.2, 0.25) is 0 Å². The minimum atomic E-state index is -0.576. The summed E-state index contributed by atoms with van der Waals surface area (Å²) in [7, 11) is 1.65. The molecule has 8 heteroatoms. The van der Waals surface area contributed by atoms with E-state index in [0.29, 0.717) is 16.8 Å². The molecule has 0 aliphatic heterocycles. The minimum Gasteiger partial charge on any atom is -0.497 e. The van der Waals surface area contributed by atoms with E-state index in [9.17, 15) is 4.79 Å². The van der Waals surface area contributed by atoms with Gasteiger partial charge < -0.3 is 4.74 Å². The van der Waals surface area contributed by atoms with E-state index in [2.05, 4.69) is 68.2 Å². The van der Waals surface area contributed by atoms with E-state index in [4.69, 9.17) is 16.3 Å². The number of H-pyrrole nitrogens is 1. The number of nitrogens with zero attached hydrogens (tertiary/aromatic N) is 2. The van der Waals surface area contributed by atoms with Crippen LogP contribution in [0.4, 0.5) is 0 Å². The van der Waals surface area contributed by atoms with Gasteiger partial charge in [0.05, 0.1) is 27.9 Å². The first-order valence-corrected chi connectivity index (χ1v) is 13.6. The lowest BCUT2D eigenvalue weighted by atomic mass is 9.73. The average Bonchev–Trinajstić information content (AvgIpc) is 3.55. The van der Waals surface area contributed by atoms with Gasteiger partial charge in [-0.05, 0) is 88.6 Å². The Bertz CT molecular complexity index is 1730. The summed E-state index contributed by atoms with van der Waals surface area (Å²) >= 11 is 8.52. The molecule has 1 saturated carbocycles. The lowest BCUT2D eigenvalue weighted by Crippen LogP contribution is -2.15. The molecule has 0 spiro atoms. The highest BCUT2D eigenvalue weighted by molar-refractivity contribution is 7.16. The number of nitrogens with one attached hydrogen (secondary N) is 1. The van der Waals surface area contributed by atoms with Crippen molar-refractivity contribution in [2.24, 2.45) is 5.92 Å². The van der Waals surface area contributed by atoms with Crippen LogP contribution in [-0.4, -0.2) is 22.2 Å². The van der Waals surface area contributed by atoms with Crippen molar-refractivity contribution in [1.82, 2.24) is 15.1 Å². The van der Waals surface area contributed by atoms with E-state index in [1.54, 1.807) is 24.5 Å². The number of ether oxygens (including phenoxy) is 1. The van der Waals surface area contributed by atoms with Crippen molar-refractivity contribution in [2.45, 2.75) is 19.3 Å². The second-order valence-electron chi connectivity index (χ2n) is 9.23. The fourth-order valence-corrected chi connectivity index (χ4v) is 5.77. The van der Waals surface area contributed by atoms with E-state index >= 15 is 0 Å². The summed E-state index contributed by atoms with van der Waals surface area (Å²) in [5.74, 6) is 0.942. The van der Waals surface area contributed by atoms with Gasteiger partial charge in [0.25, 0.3) is 0 Å². The van der Waals surface area contributed by atoms with Crippen LogP contribution in [0.25, 0.3) is 33.5 Å². The molecule has 0 amide bonds. The van der Waals surface area contributed by atoms with Crippen LogP contribution in [0.1, 0.15) is 47.3 Å². The van der Waals surface area contributed by atoms with Crippen LogP contribution < -0.4 is 10.5 Å². The normalized spacial score (nSPS) is 14.6. The molecule has 6 nitrogen and oxygen atoms in total. The zero-order valence-electron chi connectivity index (χ0n) is 20.6. The number of halogens is 1. The predicted octanol–water partition coefficient (Wildman–Crippen LogP) is 7.56. The lowest BCUT2D eigenvalue weighted by molar-refractivity contribution is 0.385. The Morgan fingerprint density at radius 2 is 1.89 bits per heavy atom. The Balaban J connectivity index is 1.51. The number of thiazole rings is 1. The van der Waals surface area contributed by atoms with Crippen molar-refractivity contribution in [3.05, 3.63) is 110 Å². The molecule has 2 heterocycles. The molecule has 1 aliphatic rings. The minimum absolute atomic E-state index is 0.373. The van der Waals surface area contributed by atoms with Crippen LogP contribution in [0.3, 0.4) is 0 Å². The SMILES string of the molecule is COc1ccc(/C(=C(\c2ccc(/C=C/c3noc(=O)[nH]3)cc2)c2ccc3scnc3c2)C2CCC2)c(Cl)c1. The lowest BCUT2D eigenvalue weighted by Gasteiger charge is -2.32. The molecular weight excluding hydrogens is 518 g/mol. The molecule has 3 aromatic carbocycles. The second kappa shape index (κ2) is 10.4. The number of hydrogen-bond donors (Lipinski definition) is 1. The molecular formula is C30H24ClN3O3S. The van der Waals surface area contributed by atoms with Crippen LogP contribution in [-0.2, 0) is 0 Å². The van der Waals surface area contributed by atoms with E-state index in [1.807, 2.05) is 23.7 Å². The van der Waals surface area contributed by atoms with E-state index in [1.165, 1.54) is 12.0 Å². The van der Waals surface area contributed by atoms with Crippen LogP contribution in [0.5, 0.6) is 5.75 Å². The van der Waals surface area contributed by atoms with Gasteiger partial charge in [0.15, 0.2) is 5.82 Å². The van der Waals surface area contributed by atoms with Crippen molar-refractivity contribution in [3.63, 3.8) is 0 Å². The number of allylic oxidation sites excluding steroid dienone is 1. The molecule has 38 heavy (non-hydrogen) atoms. The van der Waals surface area contributed by atoms with Crippen LogP contribution in [0.15, 0.2) is 75.5 Å². The van der Waals surface area contributed by atoms with Crippen molar-refractivity contribution < 1.29 is 9.26 Å². The van der Waals surface area contributed by atoms with Crippen LogP contribution >= 0.6 is 22.9 Å². The third-order valence-corrected chi connectivity index (χ3v) is 8.08. The van der Waals surface area contributed by atoms with Crippen molar-refractivity contribution in [3.8, 4) is 5.75 Å². The van der Waals surface area contributed by atoms with Crippen LogP contribution in [0.2, 0.25) is 5.02 Å². The molecule has 0 radical (unpaired) electrons. The third kappa shape index (κ3) is 4.83. The Morgan fingerprint density at radius 3 is 2.58 bits per heavy atom. The summed E-state index contributed by atoms with van der Waals surface area (Å²) in [6, 6.07) is 20.8. The first-order valence-electron chi connectivity index (χ1n) is 12.4. The van der Waals surface area contributed by atoms with Crippen molar-refractivity contribution in [2.75, 3.05) is 7.11 Å². The van der Waals surface area contributed by atoms with Gasteiger partial charge in [0.1, 0.15) is 5.75 Å². The summed E-state index contributed by atoms with van der Waals surface area (Å²) in [4.78, 5) is 18.3. The molecule has 190 valence electrons. The number of hydrogen-bond acceptors (Lipinski definition) is 6. The molecule has 1 fully saturated rings. The summed E-state index contributed by atoms with van der Waals surface area (Å²) in [5.41, 5.74) is 9.49. The molecule has 6 rings (SSSR count). The number of aromatic nitrogens is 3. The molecule has 0 unspecified atom stereocenters. The quantitative estimate of drug-likeness (QED) is 0.215. The molecule has 5 aromatic rings. The largest absolute Gasteiger partial charge is 0.497 e. The maximum absolute atomic E-state index is 11.2. The Hall–Kier alpha value is -3.94. The third-order valence-electron chi connectivity index (χ3n) is 6.96. The highest BCUT2D eigenvalue weighted by Gasteiger charge is 2.28. The maximum Gasteiger partial charge on any atom is 0.439 e. The van der Waals surface area contributed by atoms with Gasteiger partial charge in [-0.3, -0.25) is 9.51 Å². The van der Waals surface area contributed by atoms with E-state index in [-0.39, 0.29) is 0 Å². The van der Waals surface area contributed by atoms with E-state index < -0.39 is 5.76 Å². The van der Waals surface area contributed by atoms with Gasteiger partial charge in [0, 0.05) is 0 Å². The van der Waals surface area contributed by atoms with Crippen LogP contribution in [0, 0.1) is 5.92 Å². The first-order chi connectivity index (χ1) is 18.6. The highest BCUT2D eigenvalue weighted by atomic mass is 35.5. The summed E-state index contributed by atoms with van der Waals surface area (Å²) < 4.78 is 11.2. The number of methoxy groups -OCH3 is 1. The smallest absolute Gasteiger partial charge is 0.439 e. The van der Waals surface area contributed by atoms with Gasteiger partial charge in [-0.15, -0.1) is 11.3 Å². The first kappa shape index (κ1) is 24.4. The van der Waals surface area contributed by atoms with Crippen molar-refractivity contribution in [1.29, 1.82) is 0 Å². The number of aromatic amines is 1. The Labute approximate surface area is 228 Å². The summed E-state index contributed by atoms with van der Waals surface area (Å²) in [6.07, 6.45) is 7.04. The summed E-state index contributed by atoms with van der Waals surface area (Å²) in [6.45, 7) is 0. The monoisotopic (exact) mass is 541 g/mol. The average molecular weight is 542 g/mol. The number of rotatable bonds is 7. The van der Waals surface area contributed by atoms with Gasteiger partial charge >= 0.3 is 5.76 Å². The molecule has 0 saturated heterocycles. The molecule has 0 atom stereocenters. The zero-order chi connectivity index (χ0) is 26.1. The fourth-order valence-electron chi connectivity index (χ4n) is 4.84. The molecule has 2 aromatic heterocycles. The van der Waals surface area contributed by atoms with Gasteiger partial charge in [-0.2, -0.15) is 0 Å².